The summed E-state index contributed by atoms with van der Waals surface area (Å²) in [4.78, 5) is 29.0. The minimum absolute atomic E-state index is 0.0922. The van der Waals surface area contributed by atoms with Crippen LogP contribution in [0.5, 0.6) is 0 Å². The van der Waals surface area contributed by atoms with Crippen molar-refractivity contribution in [2.24, 2.45) is 0 Å². The number of hydrogen-bond acceptors (Lipinski definition) is 4. The largest absolute Gasteiger partial charge is 0.352 e. The van der Waals surface area contributed by atoms with E-state index in [0.717, 1.165) is 44.7 Å². The number of nitrogens with one attached hydrogen (secondary N) is 1. The molecule has 9 heteroatoms. The Kier molecular flexibility index (Phi) is 10.2. The third-order valence-corrected chi connectivity index (χ3v) is 9.82. The van der Waals surface area contributed by atoms with Crippen LogP contribution in [0.3, 0.4) is 0 Å². The lowest BCUT2D eigenvalue weighted by atomic mass is 9.95. The molecule has 212 valence electrons. The quantitative estimate of drug-likeness (QED) is 0.282. The SMILES string of the molecule is Cc1ccc(CN(C(=O)CN(c2ccc(I)cc2)S(=O)(=O)c2ccccc2)[C@H](C)C(=O)NC2CCCCC2)cc1. The molecule has 1 aliphatic rings. The van der Waals surface area contributed by atoms with Crippen molar-refractivity contribution in [1.29, 1.82) is 0 Å². The lowest BCUT2D eigenvalue weighted by Gasteiger charge is -2.33. The topological polar surface area (TPSA) is 86.8 Å². The molecule has 1 saturated carbocycles. The zero-order valence-corrected chi connectivity index (χ0v) is 25.9. The van der Waals surface area contributed by atoms with E-state index in [0.29, 0.717) is 5.69 Å². The summed E-state index contributed by atoms with van der Waals surface area (Å²) in [5.74, 6) is -0.677. The highest BCUT2D eigenvalue weighted by atomic mass is 127. The van der Waals surface area contributed by atoms with Crippen molar-refractivity contribution in [3.63, 3.8) is 0 Å². The molecule has 0 heterocycles. The number of rotatable bonds is 10. The van der Waals surface area contributed by atoms with Crippen molar-refractivity contribution in [2.75, 3.05) is 10.8 Å². The van der Waals surface area contributed by atoms with Gasteiger partial charge in [-0.15, -0.1) is 0 Å². The van der Waals surface area contributed by atoms with Gasteiger partial charge in [-0.25, -0.2) is 8.42 Å². The van der Waals surface area contributed by atoms with Gasteiger partial charge < -0.3 is 10.2 Å². The molecule has 3 aromatic carbocycles. The predicted molar refractivity (Wildman–Crippen MR) is 166 cm³/mol. The number of benzene rings is 3. The Morgan fingerprint density at radius 1 is 0.925 bits per heavy atom. The van der Waals surface area contributed by atoms with E-state index in [9.17, 15) is 18.0 Å². The van der Waals surface area contributed by atoms with Crippen molar-refractivity contribution in [3.8, 4) is 0 Å². The standard InChI is InChI=1S/C31H36IN3O4S/c1-23-13-15-25(16-14-23)21-34(24(2)31(37)33-27-9-5-3-6-10-27)30(36)22-35(28-19-17-26(32)18-20-28)40(38,39)29-11-7-4-8-12-29/h4,7-8,11-20,24,27H,3,5-6,9-10,21-22H2,1-2H3,(H,33,37)/t24-/m1/s1. The highest BCUT2D eigenvalue weighted by molar-refractivity contribution is 14.1. The zero-order chi connectivity index (χ0) is 28.7. The van der Waals surface area contributed by atoms with E-state index in [2.05, 4.69) is 27.9 Å². The number of carbonyl (C=O) groups excluding carboxylic acids is 2. The maximum absolute atomic E-state index is 14.0. The van der Waals surface area contributed by atoms with Crippen LogP contribution in [0.4, 0.5) is 5.69 Å². The summed E-state index contributed by atoms with van der Waals surface area (Å²) in [6.07, 6.45) is 5.19. The number of nitrogens with zero attached hydrogens (tertiary/aromatic N) is 2. The number of hydrogen-bond donors (Lipinski definition) is 1. The number of anilines is 1. The van der Waals surface area contributed by atoms with E-state index in [-0.39, 0.29) is 23.4 Å². The first-order valence-corrected chi connectivity index (χ1v) is 16.2. The van der Waals surface area contributed by atoms with Crippen LogP contribution in [-0.2, 0) is 26.2 Å². The molecule has 1 atom stereocenters. The van der Waals surface area contributed by atoms with Crippen LogP contribution < -0.4 is 9.62 Å². The number of sulfonamides is 1. The van der Waals surface area contributed by atoms with Gasteiger partial charge in [0.2, 0.25) is 11.8 Å². The monoisotopic (exact) mass is 673 g/mol. The fraction of sp³-hybridized carbons (Fsp3) is 0.355. The minimum atomic E-state index is -4.06. The molecule has 3 aromatic rings. The third kappa shape index (κ3) is 7.63. The highest BCUT2D eigenvalue weighted by Crippen LogP contribution is 2.25. The Balaban J connectivity index is 1.65. The second kappa shape index (κ2) is 13.6. The van der Waals surface area contributed by atoms with Crippen molar-refractivity contribution >= 4 is 50.1 Å². The molecule has 0 aromatic heterocycles. The molecule has 0 saturated heterocycles. The second-order valence-electron chi connectivity index (χ2n) is 10.3. The summed E-state index contributed by atoms with van der Waals surface area (Å²) in [5.41, 5.74) is 2.33. The Morgan fingerprint density at radius 2 is 1.55 bits per heavy atom. The number of amides is 2. The van der Waals surface area contributed by atoms with Crippen molar-refractivity contribution in [2.45, 2.75) is 69.5 Å². The molecule has 7 nitrogen and oxygen atoms in total. The van der Waals surface area contributed by atoms with E-state index in [1.54, 1.807) is 49.4 Å². The zero-order valence-electron chi connectivity index (χ0n) is 22.9. The molecule has 4 rings (SSSR count). The molecule has 0 unspecified atom stereocenters. The molecule has 1 N–H and O–H groups in total. The summed E-state index contributed by atoms with van der Waals surface area (Å²) >= 11 is 2.15. The van der Waals surface area contributed by atoms with Crippen LogP contribution in [0.15, 0.2) is 83.8 Å². The van der Waals surface area contributed by atoms with E-state index in [1.807, 2.05) is 31.2 Å². The van der Waals surface area contributed by atoms with Gasteiger partial charge in [-0.2, -0.15) is 0 Å². The lowest BCUT2D eigenvalue weighted by molar-refractivity contribution is -0.139. The molecule has 1 aliphatic carbocycles. The van der Waals surface area contributed by atoms with Gasteiger partial charge in [-0.3, -0.25) is 13.9 Å². The van der Waals surface area contributed by atoms with Crippen molar-refractivity contribution in [3.05, 3.63) is 93.6 Å². The summed E-state index contributed by atoms with van der Waals surface area (Å²) in [6, 6.07) is 22.2. The number of aryl methyl sites for hydroxylation is 1. The first-order valence-electron chi connectivity index (χ1n) is 13.6. The molecule has 0 radical (unpaired) electrons. The van der Waals surface area contributed by atoms with Gasteiger partial charge in [0.25, 0.3) is 10.0 Å². The third-order valence-electron chi connectivity index (χ3n) is 7.32. The van der Waals surface area contributed by atoms with Crippen LogP contribution >= 0.6 is 22.6 Å². The average Bonchev–Trinajstić information content (AvgIpc) is 2.96. The first-order chi connectivity index (χ1) is 19.1. The van der Waals surface area contributed by atoms with Crippen LogP contribution in [0.1, 0.15) is 50.2 Å². The number of halogens is 1. The summed E-state index contributed by atoms with van der Waals surface area (Å²) < 4.78 is 29.7. The smallest absolute Gasteiger partial charge is 0.264 e. The van der Waals surface area contributed by atoms with E-state index >= 15 is 0 Å². The molecule has 40 heavy (non-hydrogen) atoms. The number of carbonyl (C=O) groups is 2. The van der Waals surface area contributed by atoms with Gasteiger partial charge in [0.05, 0.1) is 10.6 Å². The van der Waals surface area contributed by atoms with Gasteiger partial charge in [0.15, 0.2) is 0 Å². The lowest BCUT2D eigenvalue weighted by Crippen LogP contribution is -2.53. The maximum Gasteiger partial charge on any atom is 0.264 e. The van der Waals surface area contributed by atoms with E-state index in [4.69, 9.17) is 0 Å². The highest BCUT2D eigenvalue weighted by Gasteiger charge is 2.33. The second-order valence-corrected chi connectivity index (χ2v) is 13.4. The van der Waals surface area contributed by atoms with Gasteiger partial charge in [-0.05, 0) is 91.2 Å². The van der Waals surface area contributed by atoms with Gasteiger partial charge >= 0.3 is 0 Å². The maximum atomic E-state index is 14.0. The Labute approximate surface area is 251 Å². The molecular formula is C31H36IN3O4S. The fourth-order valence-corrected chi connectivity index (χ4v) is 6.69. The van der Waals surface area contributed by atoms with E-state index in [1.165, 1.54) is 23.5 Å². The summed E-state index contributed by atoms with van der Waals surface area (Å²) in [7, 11) is -4.06. The fourth-order valence-electron chi connectivity index (χ4n) is 4.90. The van der Waals surface area contributed by atoms with Crippen molar-refractivity contribution < 1.29 is 18.0 Å². The summed E-state index contributed by atoms with van der Waals surface area (Å²) in [6.45, 7) is 3.44. The Hall–Kier alpha value is -2.92. The summed E-state index contributed by atoms with van der Waals surface area (Å²) in [5, 5.41) is 3.13. The van der Waals surface area contributed by atoms with Crippen molar-refractivity contribution in [1.82, 2.24) is 10.2 Å². The van der Waals surface area contributed by atoms with Crippen LogP contribution in [0.25, 0.3) is 0 Å². The molecule has 0 bridgehead atoms. The molecule has 1 fully saturated rings. The van der Waals surface area contributed by atoms with E-state index < -0.39 is 28.5 Å². The van der Waals surface area contributed by atoms with Crippen LogP contribution in [0, 0.1) is 10.5 Å². The van der Waals surface area contributed by atoms with Gasteiger partial charge in [0, 0.05) is 16.2 Å². The molecule has 0 aliphatic heterocycles. The molecule has 2 amide bonds. The predicted octanol–water partition coefficient (Wildman–Crippen LogP) is 5.66. The normalized spacial score (nSPS) is 14.8. The first kappa shape index (κ1) is 30.0. The Bertz CT molecular complexity index is 1390. The average molecular weight is 674 g/mol. The Morgan fingerprint density at radius 3 is 2.17 bits per heavy atom. The molecular weight excluding hydrogens is 637 g/mol. The van der Waals surface area contributed by atoms with Gasteiger partial charge in [-0.1, -0.05) is 67.3 Å². The molecule has 0 spiro atoms. The van der Waals surface area contributed by atoms with Crippen LogP contribution in [0.2, 0.25) is 0 Å². The van der Waals surface area contributed by atoms with Crippen LogP contribution in [-0.4, -0.2) is 43.8 Å². The minimum Gasteiger partial charge on any atom is -0.352 e. The van der Waals surface area contributed by atoms with Gasteiger partial charge in [0.1, 0.15) is 12.6 Å².